The van der Waals surface area contributed by atoms with Crippen molar-refractivity contribution in [2.45, 2.75) is 55.5 Å². The van der Waals surface area contributed by atoms with Crippen LogP contribution in [0.15, 0.2) is 53.4 Å². The van der Waals surface area contributed by atoms with E-state index in [4.69, 9.17) is 5.26 Å². The van der Waals surface area contributed by atoms with Crippen LogP contribution in [0.1, 0.15) is 54.8 Å². The van der Waals surface area contributed by atoms with E-state index in [9.17, 15) is 13.2 Å². The van der Waals surface area contributed by atoms with Gasteiger partial charge in [0, 0.05) is 25.0 Å². The lowest BCUT2D eigenvalue weighted by atomic mass is 9.95. The van der Waals surface area contributed by atoms with Gasteiger partial charge in [-0.2, -0.15) is 9.57 Å². The second-order valence-corrected chi connectivity index (χ2v) is 11.0. The first-order valence-electron chi connectivity index (χ1n) is 11.4. The molecule has 2 aromatic carbocycles. The van der Waals surface area contributed by atoms with Gasteiger partial charge in [-0.1, -0.05) is 24.3 Å². The first-order valence-corrected chi connectivity index (χ1v) is 12.8. The molecule has 3 aliphatic rings. The molecule has 1 saturated heterocycles. The molecular formula is C25H27N3O3S. The van der Waals surface area contributed by atoms with Crippen molar-refractivity contribution in [1.29, 1.82) is 5.26 Å². The summed E-state index contributed by atoms with van der Waals surface area (Å²) in [6, 6.07) is 17.0. The number of benzene rings is 2. The van der Waals surface area contributed by atoms with E-state index < -0.39 is 10.0 Å². The summed E-state index contributed by atoms with van der Waals surface area (Å²) in [5, 5.41) is 8.94. The molecule has 0 radical (unpaired) electrons. The van der Waals surface area contributed by atoms with Gasteiger partial charge in [0.05, 0.1) is 22.6 Å². The van der Waals surface area contributed by atoms with Crippen LogP contribution in [-0.2, 0) is 21.2 Å². The van der Waals surface area contributed by atoms with Crippen molar-refractivity contribution >= 4 is 15.9 Å². The fourth-order valence-corrected chi connectivity index (χ4v) is 6.64. The van der Waals surface area contributed by atoms with Crippen LogP contribution >= 0.6 is 0 Å². The molecule has 1 heterocycles. The normalized spacial score (nSPS) is 21.7. The Morgan fingerprint density at radius 3 is 2.31 bits per heavy atom. The van der Waals surface area contributed by atoms with Crippen molar-refractivity contribution in [3.05, 3.63) is 65.2 Å². The number of amides is 1. The molecule has 166 valence electrons. The molecule has 5 rings (SSSR count). The zero-order chi connectivity index (χ0) is 22.3. The molecule has 1 aliphatic heterocycles. The van der Waals surface area contributed by atoms with Crippen LogP contribution in [0.5, 0.6) is 0 Å². The zero-order valence-corrected chi connectivity index (χ0v) is 18.8. The van der Waals surface area contributed by atoms with Crippen molar-refractivity contribution in [2.75, 3.05) is 13.1 Å². The summed E-state index contributed by atoms with van der Waals surface area (Å²) in [4.78, 5) is 15.9. The van der Waals surface area contributed by atoms with Gasteiger partial charge in [0.1, 0.15) is 0 Å². The summed E-state index contributed by atoms with van der Waals surface area (Å²) in [5.41, 5.74) is 3.06. The number of piperidine rings is 1. The average Bonchev–Trinajstić information content (AvgIpc) is 3.58. The molecule has 1 amide bonds. The van der Waals surface area contributed by atoms with E-state index in [1.807, 2.05) is 6.07 Å². The van der Waals surface area contributed by atoms with Crippen molar-refractivity contribution in [1.82, 2.24) is 9.21 Å². The second-order valence-electron chi connectivity index (χ2n) is 9.04. The standard InChI is InChI=1S/C25H27N3O3S/c26-17-18-5-10-22(11-6-18)32(30,31)27-15-13-20(14-16-27)25(29)28(21-8-9-21)24-12-7-19-3-1-2-4-23(19)24/h1-6,10-11,20-21,24H,7-9,12-16H2. The molecule has 32 heavy (non-hydrogen) atoms. The molecule has 1 atom stereocenters. The monoisotopic (exact) mass is 449 g/mol. The summed E-state index contributed by atoms with van der Waals surface area (Å²) in [5.74, 6) is 0.0698. The Morgan fingerprint density at radius 1 is 0.969 bits per heavy atom. The topological polar surface area (TPSA) is 81.5 Å². The number of carbonyl (C=O) groups is 1. The summed E-state index contributed by atoms with van der Waals surface area (Å²) in [6.45, 7) is 0.691. The SMILES string of the molecule is N#Cc1ccc(S(=O)(=O)N2CCC(C(=O)N(C3CC3)C3CCc4ccccc43)CC2)cc1. The molecule has 1 saturated carbocycles. The third-order valence-corrected chi connectivity index (χ3v) is 8.97. The van der Waals surface area contributed by atoms with Crippen LogP contribution in [0, 0.1) is 17.2 Å². The van der Waals surface area contributed by atoms with Gasteiger partial charge in [-0.3, -0.25) is 4.79 Å². The third-order valence-electron chi connectivity index (χ3n) is 7.06. The van der Waals surface area contributed by atoms with E-state index in [0.29, 0.717) is 37.5 Å². The highest BCUT2D eigenvalue weighted by molar-refractivity contribution is 7.89. The number of rotatable bonds is 5. The highest BCUT2D eigenvalue weighted by atomic mass is 32.2. The summed E-state index contributed by atoms with van der Waals surface area (Å²) in [6.07, 6.45) is 5.22. The molecule has 0 aromatic heterocycles. The maximum absolute atomic E-state index is 13.6. The Labute approximate surface area is 189 Å². The molecule has 0 bridgehead atoms. The molecule has 6 nitrogen and oxygen atoms in total. The highest BCUT2D eigenvalue weighted by Crippen LogP contribution is 2.43. The molecule has 1 unspecified atom stereocenters. The second kappa shape index (κ2) is 8.34. The third kappa shape index (κ3) is 3.82. The molecule has 2 aromatic rings. The van der Waals surface area contributed by atoms with Crippen LogP contribution in [0.4, 0.5) is 0 Å². The van der Waals surface area contributed by atoms with Gasteiger partial charge in [-0.25, -0.2) is 8.42 Å². The number of carbonyl (C=O) groups excluding carboxylic acids is 1. The molecule has 0 spiro atoms. The lowest BCUT2D eigenvalue weighted by molar-refractivity contribution is -0.140. The van der Waals surface area contributed by atoms with E-state index in [-0.39, 0.29) is 22.8 Å². The van der Waals surface area contributed by atoms with Crippen LogP contribution < -0.4 is 0 Å². The fraction of sp³-hybridized carbons (Fsp3) is 0.440. The Kier molecular flexibility index (Phi) is 5.52. The largest absolute Gasteiger partial charge is 0.332 e. The van der Waals surface area contributed by atoms with Gasteiger partial charge in [-0.15, -0.1) is 0 Å². The molecular weight excluding hydrogens is 422 g/mol. The average molecular weight is 450 g/mol. The smallest absolute Gasteiger partial charge is 0.243 e. The predicted molar refractivity (Wildman–Crippen MR) is 120 cm³/mol. The highest BCUT2D eigenvalue weighted by Gasteiger charge is 2.43. The van der Waals surface area contributed by atoms with Gasteiger partial charge in [0.25, 0.3) is 0 Å². The van der Waals surface area contributed by atoms with E-state index in [2.05, 4.69) is 29.2 Å². The number of hydrogen-bond acceptors (Lipinski definition) is 4. The van der Waals surface area contributed by atoms with Crippen molar-refractivity contribution in [3.63, 3.8) is 0 Å². The van der Waals surface area contributed by atoms with Crippen LogP contribution in [0.25, 0.3) is 0 Å². The zero-order valence-electron chi connectivity index (χ0n) is 18.0. The predicted octanol–water partition coefficient (Wildman–Crippen LogP) is 3.64. The Balaban J connectivity index is 1.28. The van der Waals surface area contributed by atoms with Crippen molar-refractivity contribution < 1.29 is 13.2 Å². The van der Waals surface area contributed by atoms with Crippen LogP contribution in [0.3, 0.4) is 0 Å². The van der Waals surface area contributed by atoms with E-state index in [1.54, 1.807) is 0 Å². The molecule has 7 heteroatoms. The van der Waals surface area contributed by atoms with Crippen LogP contribution in [-0.4, -0.2) is 42.7 Å². The minimum Gasteiger partial charge on any atom is -0.332 e. The first-order chi connectivity index (χ1) is 15.5. The maximum Gasteiger partial charge on any atom is 0.243 e. The minimum absolute atomic E-state index is 0.129. The van der Waals surface area contributed by atoms with Gasteiger partial charge in [-0.05, 0) is 73.9 Å². The lowest BCUT2D eigenvalue weighted by Crippen LogP contribution is -2.45. The summed E-state index contributed by atoms with van der Waals surface area (Å²) in [7, 11) is -3.62. The number of aryl methyl sites for hydroxylation is 1. The van der Waals surface area contributed by atoms with E-state index in [0.717, 1.165) is 25.7 Å². The van der Waals surface area contributed by atoms with Gasteiger partial charge < -0.3 is 4.90 Å². The summed E-state index contributed by atoms with van der Waals surface area (Å²) >= 11 is 0. The van der Waals surface area contributed by atoms with Gasteiger partial charge >= 0.3 is 0 Å². The number of sulfonamides is 1. The first kappa shape index (κ1) is 21.2. The quantitative estimate of drug-likeness (QED) is 0.698. The number of hydrogen-bond donors (Lipinski definition) is 0. The lowest BCUT2D eigenvalue weighted by Gasteiger charge is -2.36. The van der Waals surface area contributed by atoms with Gasteiger partial charge in [0.2, 0.25) is 15.9 Å². The number of fused-ring (bicyclic) bond motifs is 1. The van der Waals surface area contributed by atoms with Gasteiger partial charge in [0.15, 0.2) is 0 Å². The molecule has 2 aliphatic carbocycles. The fourth-order valence-electron chi connectivity index (χ4n) is 5.17. The Hall–Kier alpha value is -2.69. The maximum atomic E-state index is 13.6. The van der Waals surface area contributed by atoms with Crippen molar-refractivity contribution in [2.24, 2.45) is 5.92 Å². The van der Waals surface area contributed by atoms with E-state index in [1.165, 1.54) is 39.7 Å². The number of nitriles is 1. The Morgan fingerprint density at radius 2 is 1.66 bits per heavy atom. The Bertz CT molecular complexity index is 1160. The van der Waals surface area contributed by atoms with Crippen molar-refractivity contribution in [3.8, 4) is 6.07 Å². The van der Waals surface area contributed by atoms with E-state index >= 15 is 0 Å². The number of nitrogens with zero attached hydrogens (tertiary/aromatic N) is 3. The molecule has 2 fully saturated rings. The minimum atomic E-state index is -3.62. The summed E-state index contributed by atoms with van der Waals surface area (Å²) < 4.78 is 27.5. The molecule has 0 N–H and O–H groups in total. The van der Waals surface area contributed by atoms with Crippen LogP contribution in [0.2, 0.25) is 0 Å².